The van der Waals surface area contributed by atoms with Crippen LogP contribution in [0.3, 0.4) is 0 Å². The fourth-order valence-electron chi connectivity index (χ4n) is 1.69. The zero-order valence-corrected chi connectivity index (χ0v) is 12.7. The summed E-state index contributed by atoms with van der Waals surface area (Å²) in [5.41, 5.74) is 1.21. The first kappa shape index (κ1) is 16.1. The van der Waals surface area contributed by atoms with E-state index in [0.717, 1.165) is 4.90 Å². The summed E-state index contributed by atoms with van der Waals surface area (Å²) < 4.78 is 0. The third-order valence-electron chi connectivity index (χ3n) is 2.67. The molecule has 1 rings (SSSR count). The van der Waals surface area contributed by atoms with Gasteiger partial charge in [-0.25, -0.2) is 0 Å². The monoisotopic (exact) mass is 281 g/mol. The first-order chi connectivity index (χ1) is 8.97. The van der Waals surface area contributed by atoms with Gasteiger partial charge in [0.15, 0.2) is 0 Å². The molecule has 0 radical (unpaired) electrons. The van der Waals surface area contributed by atoms with E-state index < -0.39 is 6.10 Å². The van der Waals surface area contributed by atoms with E-state index in [1.807, 2.05) is 31.2 Å². The van der Waals surface area contributed by atoms with Gasteiger partial charge in [-0.1, -0.05) is 31.5 Å². The first-order valence-corrected chi connectivity index (χ1v) is 7.60. The Morgan fingerprint density at radius 3 is 2.53 bits per heavy atom. The van der Waals surface area contributed by atoms with Crippen LogP contribution in [0, 0.1) is 12.8 Å². The molecule has 1 amide bonds. The molecule has 0 spiro atoms. The molecule has 0 aromatic heterocycles. The largest absolute Gasteiger partial charge is 0.391 e. The lowest BCUT2D eigenvalue weighted by atomic mass is 10.1. The third-order valence-corrected chi connectivity index (χ3v) is 3.68. The van der Waals surface area contributed by atoms with Crippen molar-refractivity contribution in [3.8, 4) is 0 Å². The summed E-state index contributed by atoms with van der Waals surface area (Å²) >= 11 is 1.51. The molecule has 1 unspecified atom stereocenters. The third kappa shape index (κ3) is 7.23. The van der Waals surface area contributed by atoms with E-state index in [9.17, 15) is 9.90 Å². The van der Waals surface area contributed by atoms with Gasteiger partial charge in [0.2, 0.25) is 5.91 Å². The summed E-state index contributed by atoms with van der Waals surface area (Å²) in [5.74, 6) is 0.791. The molecule has 19 heavy (non-hydrogen) atoms. The molecule has 0 saturated carbocycles. The van der Waals surface area contributed by atoms with E-state index in [1.54, 1.807) is 0 Å². The quantitative estimate of drug-likeness (QED) is 0.755. The molecule has 1 aromatic rings. The highest BCUT2D eigenvalue weighted by molar-refractivity contribution is 8.00. The van der Waals surface area contributed by atoms with Gasteiger partial charge in [-0.15, -0.1) is 11.8 Å². The van der Waals surface area contributed by atoms with E-state index in [2.05, 4.69) is 19.2 Å². The summed E-state index contributed by atoms with van der Waals surface area (Å²) in [6.07, 6.45) is 0.263. The molecule has 1 atom stereocenters. The molecule has 0 fully saturated rings. The van der Waals surface area contributed by atoms with E-state index >= 15 is 0 Å². The highest BCUT2D eigenvalue weighted by Gasteiger charge is 2.09. The second-order valence-corrected chi connectivity index (χ2v) is 6.24. The van der Waals surface area contributed by atoms with Crippen molar-refractivity contribution >= 4 is 17.7 Å². The maximum absolute atomic E-state index is 11.6. The molecule has 0 saturated heterocycles. The summed E-state index contributed by atoms with van der Waals surface area (Å²) in [5, 5.41) is 12.4. The van der Waals surface area contributed by atoms with Crippen LogP contribution in [-0.2, 0) is 4.79 Å². The number of hydrogen-bond donors (Lipinski definition) is 2. The summed E-state index contributed by atoms with van der Waals surface area (Å²) in [6, 6.07) is 8.10. The first-order valence-electron chi connectivity index (χ1n) is 6.61. The zero-order chi connectivity index (χ0) is 14.3. The van der Waals surface area contributed by atoms with Crippen molar-refractivity contribution < 1.29 is 9.90 Å². The van der Waals surface area contributed by atoms with Crippen molar-refractivity contribution in [1.82, 2.24) is 5.32 Å². The number of amides is 1. The van der Waals surface area contributed by atoms with Crippen molar-refractivity contribution in [1.29, 1.82) is 0 Å². The predicted octanol–water partition coefficient (Wildman–Crippen LogP) is 2.61. The van der Waals surface area contributed by atoms with Crippen LogP contribution in [0.4, 0.5) is 0 Å². The van der Waals surface area contributed by atoms with Gasteiger partial charge in [0, 0.05) is 11.4 Å². The van der Waals surface area contributed by atoms with Gasteiger partial charge >= 0.3 is 0 Å². The normalized spacial score (nSPS) is 12.5. The molecular formula is C15H23NO2S. The molecule has 1 aromatic carbocycles. The van der Waals surface area contributed by atoms with E-state index in [1.165, 1.54) is 17.3 Å². The highest BCUT2D eigenvalue weighted by atomic mass is 32.2. The molecule has 3 nitrogen and oxygen atoms in total. The number of hydrogen-bond acceptors (Lipinski definition) is 3. The minimum absolute atomic E-state index is 0.0339. The van der Waals surface area contributed by atoms with Gasteiger partial charge in [-0.2, -0.15) is 0 Å². The number of carbonyl (C=O) groups excluding carboxylic acids is 1. The van der Waals surface area contributed by atoms with Crippen molar-refractivity contribution in [2.75, 3.05) is 12.3 Å². The van der Waals surface area contributed by atoms with Crippen molar-refractivity contribution in [3.05, 3.63) is 29.8 Å². The average molecular weight is 281 g/mol. The minimum atomic E-state index is -0.451. The van der Waals surface area contributed by atoms with Crippen LogP contribution in [0.15, 0.2) is 29.2 Å². The Morgan fingerprint density at radius 2 is 1.95 bits per heavy atom. The van der Waals surface area contributed by atoms with Crippen LogP contribution in [-0.4, -0.2) is 29.4 Å². The second-order valence-electron chi connectivity index (χ2n) is 5.19. The summed E-state index contributed by atoms with van der Waals surface area (Å²) in [4.78, 5) is 12.7. The van der Waals surface area contributed by atoms with Gasteiger partial charge in [-0.05, 0) is 31.4 Å². The summed E-state index contributed by atoms with van der Waals surface area (Å²) in [7, 11) is 0. The Balaban J connectivity index is 2.22. The number of aliphatic hydroxyl groups excluding tert-OH is 1. The number of rotatable bonds is 7. The predicted molar refractivity (Wildman–Crippen MR) is 80.4 cm³/mol. The van der Waals surface area contributed by atoms with Crippen LogP contribution in [0.1, 0.15) is 25.8 Å². The van der Waals surface area contributed by atoms with Crippen LogP contribution in [0.5, 0.6) is 0 Å². The molecule has 4 heteroatoms. The molecule has 0 aliphatic carbocycles. The Labute approximate surface area is 119 Å². The van der Waals surface area contributed by atoms with Gasteiger partial charge in [-0.3, -0.25) is 4.79 Å². The van der Waals surface area contributed by atoms with Crippen LogP contribution in [0.25, 0.3) is 0 Å². The SMILES string of the molecule is Cc1ccc(SCC(=O)NCC(O)CC(C)C)cc1. The van der Waals surface area contributed by atoms with Gasteiger partial charge < -0.3 is 10.4 Å². The molecule has 2 N–H and O–H groups in total. The number of thioether (sulfide) groups is 1. The molecule has 0 heterocycles. The number of aryl methyl sites for hydroxylation is 1. The maximum Gasteiger partial charge on any atom is 0.230 e. The van der Waals surface area contributed by atoms with Crippen LogP contribution >= 0.6 is 11.8 Å². The molecular weight excluding hydrogens is 258 g/mol. The van der Waals surface area contributed by atoms with E-state index in [4.69, 9.17) is 0 Å². The van der Waals surface area contributed by atoms with Crippen molar-refractivity contribution in [3.63, 3.8) is 0 Å². The lowest BCUT2D eigenvalue weighted by Gasteiger charge is -2.13. The summed E-state index contributed by atoms with van der Waals surface area (Å²) in [6.45, 7) is 6.49. The number of benzene rings is 1. The number of aliphatic hydroxyl groups is 1. The number of carbonyl (C=O) groups is 1. The van der Waals surface area contributed by atoms with Crippen molar-refractivity contribution in [2.24, 2.45) is 5.92 Å². The zero-order valence-electron chi connectivity index (χ0n) is 11.8. The second kappa shape index (κ2) is 8.23. The fraction of sp³-hybridized carbons (Fsp3) is 0.533. The van der Waals surface area contributed by atoms with Crippen LogP contribution in [0.2, 0.25) is 0 Å². The Hall–Kier alpha value is -1.00. The molecule has 0 aliphatic rings. The Kier molecular flexibility index (Phi) is 6.95. The smallest absolute Gasteiger partial charge is 0.230 e. The van der Waals surface area contributed by atoms with E-state index in [-0.39, 0.29) is 5.91 Å². The highest BCUT2D eigenvalue weighted by Crippen LogP contribution is 2.17. The average Bonchev–Trinajstić information content (AvgIpc) is 2.35. The maximum atomic E-state index is 11.6. The number of nitrogens with one attached hydrogen (secondary N) is 1. The molecule has 0 aliphatic heterocycles. The Bertz CT molecular complexity index is 390. The molecule has 0 bridgehead atoms. The van der Waals surface area contributed by atoms with Crippen LogP contribution < -0.4 is 5.32 Å². The van der Waals surface area contributed by atoms with Gasteiger partial charge in [0.25, 0.3) is 0 Å². The minimum Gasteiger partial charge on any atom is -0.391 e. The van der Waals surface area contributed by atoms with Gasteiger partial charge in [0.1, 0.15) is 0 Å². The standard InChI is InChI=1S/C15H23NO2S/c1-11(2)8-13(17)9-16-15(18)10-19-14-6-4-12(3)5-7-14/h4-7,11,13,17H,8-10H2,1-3H3,(H,16,18). The molecule has 106 valence electrons. The Morgan fingerprint density at radius 1 is 1.32 bits per heavy atom. The van der Waals surface area contributed by atoms with E-state index in [0.29, 0.717) is 24.6 Å². The lowest BCUT2D eigenvalue weighted by molar-refractivity contribution is -0.119. The topological polar surface area (TPSA) is 49.3 Å². The van der Waals surface area contributed by atoms with Gasteiger partial charge in [0.05, 0.1) is 11.9 Å². The fourth-order valence-corrected chi connectivity index (χ4v) is 2.42. The lowest BCUT2D eigenvalue weighted by Crippen LogP contribution is -2.33. The van der Waals surface area contributed by atoms with Crippen molar-refractivity contribution in [2.45, 2.75) is 38.2 Å².